The summed E-state index contributed by atoms with van der Waals surface area (Å²) in [7, 11) is 0. The van der Waals surface area contributed by atoms with Crippen LogP contribution in [0.1, 0.15) is 24.9 Å². The Morgan fingerprint density at radius 2 is 1.93 bits per heavy atom. The summed E-state index contributed by atoms with van der Waals surface area (Å²) in [5.41, 5.74) is 5.76. The van der Waals surface area contributed by atoms with Crippen molar-refractivity contribution in [2.24, 2.45) is 5.73 Å². The fourth-order valence-corrected chi connectivity index (χ4v) is 1.36. The highest BCUT2D eigenvalue weighted by Gasteiger charge is 2.23. The summed E-state index contributed by atoms with van der Waals surface area (Å²) in [5, 5.41) is 18.5. The molecule has 0 aromatic heterocycles. The summed E-state index contributed by atoms with van der Waals surface area (Å²) in [4.78, 5) is 0. The second kappa shape index (κ2) is 4.55. The monoisotopic (exact) mass is 195 g/mol. The van der Waals surface area contributed by atoms with Crippen LogP contribution in [0.2, 0.25) is 0 Å². The third-order valence-electron chi connectivity index (χ3n) is 2.23. The van der Waals surface area contributed by atoms with Gasteiger partial charge < -0.3 is 15.9 Å². The number of hydrogen-bond acceptors (Lipinski definition) is 3. The van der Waals surface area contributed by atoms with Crippen LogP contribution in [-0.4, -0.2) is 22.4 Å². The van der Waals surface area contributed by atoms with Gasteiger partial charge in [0, 0.05) is 6.04 Å². The Balaban J connectivity index is 2.64. The zero-order chi connectivity index (χ0) is 10.6. The lowest BCUT2D eigenvalue weighted by molar-refractivity contribution is -0.0102. The van der Waals surface area contributed by atoms with Crippen LogP contribution in [0.3, 0.4) is 0 Å². The molecule has 0 aliphatic carbocycles. The van der Waals surface area contributed by atoms with Gasteiger partial charge in [-0.1, -0.05) is 30.3 Å². The van der Waals surface area contributed by atoms with E-state index < -0.39 is 5.60 Å². The van der Waals surface area contributed by atoms with Crippen LogP contribution in [-0.2, 0) is 0 Å². The average molecular weight is 195 g/mol. The molecule has 0 fully saturated rings. The molecule has 1 aromatic carbocycles. The number of aliphatic hydroxyl groups is 2. The Morgan fingerprint density at radius 1 is 1.36 bits per heavy atom. The molecular weight excluding hydrogens is 178 g/mol. The Labute approximate surface area is 84.2 Å². The van der Waals surface area contributed by atoms with Crippen molar-refractivity contribution in [2.45, 2.75) is 25.0 Å². The standard InChI is InChI=1S/C11H17NO2/c1-11(14,8-13)7-10(12)9-5-3-2-4-6-9/h2-6,10,13-14H,7-8,12H2,1H3. The highest BCUT2D eigenvalue weighted by Crippen LogP contribution is 2.20. The topological polar surface area (TPSA) is 66.5 Å². The van der Waals surface area contributed by atoms with E-state index in [0.29, 0.717) is 6.42 Å². The quantitative estimate of drug-likeness (QED) is 0.666. The number of nitrogens with two attached hydrogens (primary N) is 1. The zero-order valence-electron chi connectivity index (χ0n) is 8.35. The normalized spacial score (nSPS) is 17.4. The van der Waals surface area contributed by atoms with Gasteiger partial charge in [0.1, 0.15) is 0 Å². The highest BCUT2D eigenvalue weighted by atomic mass is 16.3. The maximum Gasteiger partial charge on any atom is 0.0867 e. The van der Waals surface area contributed by atoms with Crippen molar-refractivity contribution in [1.82, 2.24) is 0 Å². The molecule has 2 atom stereocenters. The number of aliphatic hydroxyl groups excluding tert-OH is 1. The molecule has 0 amide bonds. The fraction of sp³-hybridized carbons (Fsp3) is 0.455. The van der Waals surface area contributed by atoms with E-state index in [1.54, 1.807) is 6.92 Å². The van der Waals surface area contributed by atoms with Crippen molar-refractivity contribution < 1.29 is 10.2 Å². The van der Waals surface area contributed by atoms with Crippen molar-refractivity contribution in [3.63, 3.8) is 0 Å². The Morgan fingerprint density at radius 3 is 2.43 bits per heavy atom. The van der Waals surface area contributed by atoms with E-state index in [-0.39, 0.29) is 12.6 Å². The minimum atomic E-state index is -1.10. The van der Waals surface area contributed by atoms with Gasteiger partial charge in [-0.3, -0.25) is 0 Å². The average Bonchev–Trinajstić information content (AvgIpc) is 2.19. The summed E-state index contributed by atoms with van der Waals surface area (Å²) in [6, 6.07) is 9.32. The van der Waals surface area contributed by atoms with Gasteiger partial charge in [-0.25, -0.2) is 0 Å². The lowest BCUT2D eigenvalue weighted by atomic mass is 9.94. The molecule has 0 heterocycles. The summed E-state index contributed by atoms with van der Waals surface area (Å²) in [6.45, 7) is 1.31. The molecular formula is C11H17NO2. The fourth-order valence-electron chi connectivity index (χ4n) is 1.36. The van der Waals surface area contributed by atoms with Crippen molar-refractivity contribution in [1.29, 1.82) is 0 Å². The van der Waals surface area contributed by atoms with E-state index in [1.807, 2.05) is 30.3 Å². The molecule has 0 saturated heterocycles. The third-order valence-corrected chi connectivity index (χ3v) is 2.23. The predicted molar refractivity (Wildman–Crippen MR) is 55.7 cm³/mol. The zero-order valence-corrected chi connectivity index (χ0v) is 8.35. The van der Waals surface area contributed by atoms with Crippen LogP contribution < -0.4 is 5.73 Å². The first-order valence-corrected chi connectivity index (χ1v) is 4.69. The Bertz CT molecular complexity index is 272. The molecule has 3 nitrogen and oxygen atoms in total. The SMILES string of the molecule is CC(O)(CO)CC(N)c1ccccc1. The smallest absolute Gasteiger partial charge is 0.0867 e. The first-order valence-electron chi connectivity index (χ1n) is 4.69. The van der Waals surface area contributed by atoms with Crippen LogP contribution in [0.5, 0.6) is 0 Å². The van der Waals surface area contributed by atoms with Crippen LogP contribution in [0.4, 0.5) is 0 Å². The van der Waals surface area contributed by atoms with E-state index in [0.717, 1.165) is 5.56 Å². The van der Waals surface area contributed by atoms with Crippen LogP contribution in [0.15, 0.2) is 30.3 Å². The molecule has 0 spiro atoms. The van der Waals surface area contributed by atoms with Crippen molar-refractivity contribution in [3.05, 3.63) is 35.9 Å². The second-order valence-corrected chi connectivity index (χ2v) is 3.88. The summed E-state index contributed by atoms with van der Waals surface area (Å²) >= 11 is 0. The van der Waals surface area contributed by atoms with Gasteiger partial charge in [0.15, 0.2) is 0 Å². The van der Waals surface area contributed by atoms with Gasteiger partial charge in [-0.2, -0.15) is 0 Å². The molecule has 1 aromatic rings. The molecule has 1 rings (SSSR count). The van der Waals surface area contributed by atoms with Gasteiger partial charge in [0.2, 0.25) is 0 Å². The lowest BCUT2D eigenvalue weighted by Gasteiger charge is -2.24. The maximum absolute atomic E-state index is 9.62. The number of rotatable bonds is 4. The van der Waals surface area contributed by atoms with Gasteiger partial charge >= 0.3 is 0 Å². The molecule has 0 radical (unpaired) electrons. The lowest BCUT2D eigenvalue weighted by Crippen LogP contribution is -2.33. The highest BCUT2D eigenvalue weighted by molar-refractivity contribution is 5.18. The van der Waals surface area contributed by atoms with E-state index in [4.69, 9.17) is 10.8 Å². The van der Waals surface area contributed by atoms with E-state index >= 15 is 0 Å². The van der Waals surface area contributed by atoms with Crippen molar-refractivity contribution in [2.75, 3.05) is 6.61 Å². The Kier molecular flexibility index (Phi) is 3.63. The molecule has 14 heavy (non-hydrogen) atoms. The van der Waals surface area contributed by atoms with Gasteiger partial charge in [-0.15, -0.1) is 0 Å². The van der Waals surface area contributed by atoms with E-state index in [1.165, 1.54) is 0 Å². The molecule has 0 saturated carbocycles. The molecule has 0 aliphatic rings. The van der Waals surface area contributed by atoms with Gasteiger partial charge in [-0.05, 0) is 18.9 Å². The maximum atomic E-state index is 9.62. The predicted octanol–water partition coefficient (Wildman–Crippen LogP) is 0.820. The molecule has 2 unspecified atom stereocenters. The number of hydrogen-bond donors (Lipinski definition) is 3. The summed E-state index contributed by atoms with van der Waals surface area (Å²) in [5.74, 6) is 0. The molecule has 4 N–H and O–H groups in total. The molecule has 0 bridgehead atoms. The minimum Gasteiger partial charge on any atom is -0.393 e. The first kappa shape index (κ1) is 11.2. The molecule has 3 heteroatoms. The summed E-state index contributed by atoms with van der Waals surface area (Å²) < 4.78 is 0. The van der Waals surface area contributed by atoms with Crippen LogP contribution >= 0.6 is 0 Å². The van der Waals surface area contributed by atoms with Crippen LogP contribution in [0, 0.1) is 0 Å². The van der Waals surface area contributed by atoms with Gasteiger partial charge in [0.25, 0.3) is 0 Å². The van der Waals surface area contributed by atoms with E-state index in [9.17, 15) is 5.11 Å². The molecule has 0 aliphatic heterocycles. The van der Waals surface area contributed by atoms with E-state index in [2.05, 4.69) is 0 Å². The minimum absolute atomic E-state index is 0.238. The summed E-state index contributed by atoms with van der Waals surface area (Å²) in [6.07, 6.45) is 0.355. The van der Waals surface area contributed by atoms with Crippen LogP contribution in [0.25, 0.3) is 0 Å². The van der Waals surface area contributed by atoms with Crippen molar-refractivity contribution >= 4 is 0 Å². The Hall–Kier alpha value is -0.900. The van der Waals surface area contributed by atoms with Gasteiger partial charge in [0.05, 0.1) is 12.2 Å². The molecule has 78 valence electrons. The third kappa shape index (κ3) is 3.10. The van der Waals surface area contributed by atoms with Crippen molar-refractivity contribution in [3.8, 4) is 0 Å². The number of benzene rings is 1. The first-order chi connectivity index (χ1) is 6.55. The second-order valence-electron chi connectivity index (χ2n) is 3.88. The largest absolute Gasteiger partial charge is 0.393 e.